The summed E-state index contributed by atoms with van der Waals surface area (Å²) >= 11 is 0. The molecule has 2 aromatic rings. The molecule has 0 spiro atoms. The Morgan fingerprint density at radius 2 is 2.16 bits per heavy atom. The van der Waals surface area contributed by atoms with Crippen molar-refractivity contribution in [2.24, 2.45) is 0 Å². The molecule has 1 aliphatic heterocycles. The van der Waals surface area contributed by atoms with Crippen molar-refractivity contribution in [1.29, 1.82) is 0 Å². The second-order valence-electron chi connectivity index (χ2n) is 6.52. The number of amides is 1. The van der Waals surface area contributed by atoms with Gasteiger partial charge in [-0.3, -0.25) is 4.79 Å². The summed E-state index contributed by atoms with van der Waals surface area (Å²) in [5, 5.41) is 13.5. The van der Waals surface area contributed by atoms with Gasteiger partial charge in [-0.05, 0) is 44.2 Å². The monoisotopic (exact) mass is 342 g/mol. The van der Waals surface area contributed by atoms with Crippen LogP contribution in [0.1, 0.15) is 38.5 Å². The molecule has 2 heterocycles. The number of para-hydroxylation sites is 1. The van der Waals surface area contributed by atoms with Crippen LogP contribution in [0.4, 0.5) is 5.82 Å². The molecule has 25 heavy (non-hydrogen) atoms. The van der Waals surface area contributed by atoms with Crippen LogP contribution in [0.3, 0.4) is 0 Å². The molecule has 0 radical (unpaired) electrons. The van der Waals surface area contributed by atoms with Crippen molar-refractivity contribution in [3.05, 3.63) is 30.6 Å². The van der Waals surface area contributed by atoms with E-state index in [2.05, 4.69) is 15.3 Å². The Morgan fingerprint density at radius 1 is 1.28 bits per heavy atom. The molecule has 3 rings (SSSR count). The number of rotatable bonds is 7. The molecular formula is C19H26N4O2. The lowest BCUT2D eigenvalue weighted by molar-refractivity contribution is -0.135. The first-order valence-electron chi connectivity index (χ1n) is 9.13. The van der Waals surface area contributed by atoms with Crippen LogP contribution in [-0.4, -0.2) is 51.6 Å². The highest BCUT2D eigenvalue weighted by molar-refractivity contribution is 5.88. The predicted octanol–water partition coefficient (Wildman–Crippen LogP) is 2.59. The van der Waals surface area contributed by atoms with Gasteiger partial charge in [-0.25, -0.2) is 9.97 Å². The molecular weight excluding hydrogens is 316 g/mol. The summed E-state index contributed by atoms with van der Waals surface area (Å²) in [5.41, 5.74) is 0.913. The molecule has 1 fully saturated rings. The minimum atomic E-state index is 0.150. The van der Waals surface area contributed by atoms with Crippen molar-refractivity contribution in [3.8, 4) is 0 Å². The maximum atomic E-state index is 12.5. The average Bonchev–Trinajstić information content (AvgIpc) is 2.66. The molecule has 1 amide bonds. The number of benzene rings is 1. The fraction of sp³-hybridized carbons (Fsp3) is 0.526. The van der Waals surface area contributed by atoms with Gasteiger partial charge in [0.1, 0.15) is 12.1 Å². The molecule has 1 atom stereocenters. The number of carbonyl (C=O) groups is 1. The standard InChI is InChI=1S/C19H26N4O2/c24-13-10-15-6-3-4-12-23(15)18(25)9-5-11-20-19-16-7-1-2-8-17(16)21-14-22-19/h1-2,7-8,14-15,24H,3-6,9-13H2,(H,20,21,22). The van der Waals surface area contributed by atoms with Crippen molar-refractivity contribution < 1.29 is 9.90 Å². The summed E-state index contributed by atoms with van der Waals surface area (Å²) in [6.45, 7) is 1.68. The Labute approximate surface area is 148 Å². The summed E-state index contributed by atoms with van der Waals surface area (Å²) < 4.78 is 0. The van der Waals surface area contributed by atoms with Gasteiger partial charge in [-0.15, -0.1) is 0 Å². The number of nitrogens with one attached hydrogen (secondary N) is 1. The van der Waals surface area contributed by atoms with Gasteiger partial charge in [-0.1, -0.05) is 12.1 Å². The zero-order valence-corrected chi connectivity index (χ0v) is 14.5. The van der Waals surface area contributed by atoms with Crippen molar-refractivity contribution in [2.45, 2.75) is 44.6 Å². The zero-order chi connectivity index (χ0) is 17.5. The molecule has 0 saturated carbocycles. The first-order chi connectivity index (χ1) is 12.3. The predicted molar refractivity (Wildman–Crippen MR) is 98.3 cm³/mol. The highest BCUT2D eigenvalue weighted by Gasteiger charge is 2.25. The van der Waals surface area contributed by atoms with E-state index in [9.17, 15) is 9.90 Å². The second kappa shape index (κ2) is 8.76. The van der Waals surface area contributed by atoms with Crippen molar-refractivity contribution in [3.63, 3.8) is 0 Å². The van der Waals surface area contributed by atoms with Crippen LogP contribution in [0.15, 0.2) is 30.6 Å². The van der Waals surface area contributed by atoms with Gasteiger partial charge in [-0.2, -0.15) is 0 Å². The van der Waals surface area contributed by atoms with Crippen LogP contribution < -0.4 is 5.32 Å². The minimum Gasteiger partial charge on any atom is -0.396 e. The van der Waals surface area contributed by atoms with E-state index in [0.29, 0.717) is 19.4 Å². The van der Waals surface area contributed by atoms with Crippen LogP contribution >= 0.6 is 0 Å². The fourth-order valence-corrected chi connectivity index (χ4v) is 3.51. The maximum Gasteiger partial charge on any atom is 0.222 e. The summed E-state index contributed by atoms with van der Waals surface area (Å²) in [6.07, 6.45) is 6.77. The Kier molecular flexibility index (Phi) is 6.17. The van der Waals surface area contributed by atoms with E-state index in [4.69, 9.17) is 0 Å². The zero-order valence-electron chi connectivity index (χ0n) is 14.5. The Balaban J connectivity index is 1.50. The summed E-state index contributed by atoms with van der Waals surface area (Å²) in [7, 11) is 0. The molecule has 0 aliphatic carbocycles. The van der Waals surface area contributed by atoms with Crippen LogP contribution in [0.5, 0.6) is 0 Å². The van der Waals surface area contributed by atoms with Gasteiger partial charge in [0.25, 0.3) is 0 Å². The molecule has 134 valence electrons. The third kappa shape index (κ3) is 4.45. The van der Waals surface area contributed by atoms with Gasteiger partial charge in [0, 0.05) is 37.5 Å². The molecule has 1 saturated heterocycles. The Hall–Kier alpha value is -2.21. The molecule has 1 unspecified atom stereocenters. The van der Waals surface area contributed by atoms with Crippen LogP contribution in [0, 0.1) is 0 Å². The van der Waals surface area contributed by atoms with Gasteiger partial charge < -0.3 is 15.3 Å². The number of likely N-dealkylation sites (tertiary alicyclic amines) is 1. The maximum absolute atomic E-state index is 12.5. The first-order valence-corrected chi connectivity index (χ1v) is 9.13. The average molecular weight is 342 g/mol. The molecule has 0 bridgehead atoms. The third-order valence-corrected chi connectivity index (χ3v) is 4.81. The fourth-order valence-electron chi connectivity index (χ4n) is 3.51. The number of carbonyl (C=O) groups excluding carboxylic acids is 1. The number of hydrogen-bond acceptors (Lipinski definition) is 5. The molecule has 1 aromatic carbocycles. The number of fused-ring (bicyclic) bond motifs is 1. The number of anilines is 1. The van der Waals surface area contributed by atoms with E-state index >= 15 is 0 Å². The van der Waals surface area contributed by atoms with E-state index in [-0.39, 0.29) is 18.6 Å². The lowest BCUT2D eigenvalue weighted by atomic mass is 9.99. The largest absolute Gasteiger partial charge is 0.396 e. The van der Waals surface area contributed by atoms with Gasteiger partial charge in [0.2, 0.25) is 5.91 Å². The normalized spacial score (nSPS) is 17.6. The molecule has 1 aliphatic rings. The summed E-state index contributed by atoms with van der Waals surface area (Å²) in [5.74, 6) is 1.02. The Bertz CT molecular complexity index is 699. The molecule has 6 heteroatoms. The SMILES string of the molecule is O=C(CCCNc1ncnc2ccccc12)N1CCCCC1CCO. The van der Waals surface area contributed by atoms with Crippen LogP contribution in [0.25, 0.3) is 10.9 Å². The number of aliphatic hydroxyl groups excluding tert-OH is 1. The number of aliphatic hydroxyl groups is 1. The second-order valence-corrected chi connectivity index (χ2v) is 6.52. The molecule has 1 aromatic heterocycles. The molecule has 6 nitrogen and oxygen atoms in total. The lowest BCUT2D eigenvalue weighted by Gasteiger charge is -2.35. The topological polar surface area (TPSA) is 78.4 Å². The number of aromatic nitrogens is 2. The van der Waals surface area contributed by atoms with Gasteiger partial charge in [0.05, 0.1) is 5.52 Å². The van der Waals surface area contributed by atoms with E-state index in [1.807, 2.05) is 29.2 Å². The van der Waals surface area contributed by atoms with Gasteiger partial charge >= 0.3 is 0 Å². The van der Waals surface area contributed by atoms with Crippen LogP contribution in [-0.2, 0) is 4.79 Å². The van der Waals surface area contributed by atoms with E-state index in [1.54, 1.807) is 6.33 Å². The lowest BCUT2D eigenvalue weighted by Crippen LogP contribution is -2.44. The Morgan fingerprint density at radius 3 is 3.04 bits per heavy atom. The summed E-state index contributed by atoms with van der Waals surface area (Å²) in [4.78, 5) is 23.0. The first kappa shape index (κ1) is 17.6. The van der Waals surface area contributed by atoms with Crippen molar-refractivity contribution >= 4 is 22.6 Å². The van der Waals surface area contributed by atoms with E-state index in [0.717, 1.165) is 48.9 Å². The number of nitrogens with zero attached hydrogens (tertiary/aromatic N) is 3. The quantitative estimate of drug-likeness (QED) is 0.756. The summed E-state index contributed by atoms with van der Waals surface area (Å²) in [6, 6.07) is 8.10. The number of hydrogen-bond donors (Lipinski definition) is 2. The van der Waals surface area contributed by atoms with Crippen molar-refractivity contribution in [2.75, 3.05) is 25.0 Å². The highest BCUT2D eigenvalue weighted by atomic mass is 16.3. The minimum absolute atomic E-state index is 0.150. The third-order valence-electron chi connectivity index (χ3n) is 4.81. The van der Waals surface area contributed by atoms with Crippen molar-refractivity contribution in [1.82, 2.24) is 14.9 Å². The number of piperidine rings is 1. The smallest absolute Gasteiger partial charge is 0.222 e. The molecule has 2 N–H and O–H groups in total. The van der Waals surface area contributed by atoms with E-state index in [1.165, 1.54) is 0 Å². The van der Waals surface area contributed by atoms with E-state index < -0.39 is 0 Å². The van der Waals surface area contributed by atoms with Crippen LogP contribution in [0.2, 0.25) is 0 Å². The highest BCUT2D eigenvalue weighted by Crippen LogP contribution is 2.21. The van der Waals surface area contributed by atoms with Gasteiger partial charge in [0.15, 0.2) is 0 Å².